The number of hydrogen-bond acceptors (Lipinski definition) is 4. The van der Waals surface area contributed by atoms with Gasteiger partial charge >= 0.3 is 5.97 Å². The monoisotopic (exact) mass is 313 g/mol. The van der Waals surface area contributed by atoms with Gasteiger partial charge in [0, 0.05) is 36.7 Å². The maximum Gasteiger partial charge on any atom is 0.322 e. The fourth-order valence-corrected chi connectivity index (χ4v) is 1.97. The Bertz CT molecular complexity index is 679. The van der Waals surface area contributed by atoms with Gasteiger partial charge in [0.2, 0.25) is 0 Å². The van der Waals surface area contributed by atoms with Gasteiger partial charge in [0.15, 0.2) is 0 Å². The fourth-order valence-electron chi connectivity index (χ4n) is 1.97. The second-order valence-electron chi connectivity index (χ2n) is 5.22. The van der Waals surface area contributed by atoms with Gasteiger partial charge in [-0.15, -0.1) is 0 Å². The number of carbonyl (C=O) groups excluding carboxylic acids is 1. The van der Waals surface area contributed by atoms with Crippen molar-refractivity contribution in [2.45, 2.75) is 0 Å². The van der Waals surface area contributed by atoms with E-state index < -0.39 is 18.4 Å². The molecule has 0 aliphatic rings. The average Bonchev–Trinajstić information content (AvgIpc) is 2.54. The van der Waals surface area contributed by atoms with Crippen LogP contribution >= 0.6 is 0 Å². The zero-order valence-electron chi connectivity index (χ0n) is 13.0. The van der Waals surface area contributed by atoms with Gasteiger partial charge in [-0.05, 0) is 48.5 Å². The van der Waals surface area contributed by atoms with E-state index in [1.54, 1.807) is 24.3 Å². The summed E-state index contributed by atoms with van der Waals surface area (Å²) in [5.74, 6) is -1.48. The highest BCUT2D eigenvalue weighted by molar-refractivity contribution is 5.96. The highest BCUT2D eigenvalue weighted by Gasteiger charge is 2.07. The SMILES string of the molecule is CN(C)c1ccc(Nc2ccc(C(=O)NCC(=O)O)cc2)cc1. The first-order valence-electron chi connectivity index (χ1n) is 7.10. The van der Waals surface area contributed by atoms with Crippen molar-refractivity contribution < 1.29 is 14.7 Å². The Morgan fingerprint density at radius 3 is 1.96 bits per heavy atom. The highest BCUT2D eigenvalue weighted by atomic mass is 16.4. The molecule has 23 heavy (non-hydrogen) atoms. The first-order chi connectivity index (χ1) is 11.0. The van der Waals surface area contributed by atoms with Crippen LogP contribution in [0.15, 0.2) is 48.5 Å². The lowest BCUT2D eigenvalue weighted by molar-refractivity contribution is -0.135. The van der Waals surface area contributed by atoms with Crippen molar-refractivity contribution in [3.63, 3.8) is 0 Å². The van der Waals surface area contributed by atoms with E-state index in [1.165, 1.54) is 0 Å². The molecule has 0 aliphatic carbocycles. The first-order valence-corrected chi connectivity index (χ1v) is 7.10. The van der Waals surface area contributed by atoms with Crippen molar-refractivity contribution in [3.05, 3.63) is 54.1 Å². The largest absolute Gasteiger partial charge is 0.480 e. The van der Waals surface area contributed by atoms with E-state index in [2.05, 4.69) is 10.6 Å². The molecule has 2 rings (SSSR count). The van der Waals surface area contributed by atoms with Crippen LogP contribution < -0.4 is 15.5 Å². The number of nitrogens with zero attached hydrogens (tertiary/aromatic N) is 1. The molecule has 6 nitrogen and oxygen atoms in total. The van der Waals surface area contributed by atoms with E-state index in [-0.39, 0.29) is 0 Å². The van der Waals surface area contributed by atoms with Crippen molar-refractivity contribution in [2.24, 2.45) is 0 Å². The number of benzene rings is 2. The molecule has 0 unspecified atom stereocenters. The molecule has 2 aromatic carbocycles. The molecule has 0 bridgehead atoms. The normalized spacial score (nSPS) is 10.0. The predicted octanol–water partition coefficient (Wildman–Crippen LogP) is 2.31. The summed E-state index contributed by atoms with van der Waals surface area (Å²) in [4.78, 5) is 24.2. The zero-order valence-corrected chi connectivity index (χ0v) is 13.0. The summed E-state index contributed by atoms with van der Waals surface area (Å²) in [6.45, 7) is -0.392. The van der Waals surface area contributed by atoms with Crippen LogP contribution in [0.2, 0.25) is 0 Å². The first kappa shape index (κ1) is 16.4. The average molecular weight is 313 g/mol. The van der Waals surface area contributed by atoms with Gasteiger partial charge in [-0.1, -0.05) is 0 Å². The van der Waals surface area contributed by atoms with Crippen molar-refractivity contribution >= 4 is 28.9 Å². The van der Waals surface area contributed by atoms with Crippen LogP contribution in [0.3, 0.4) is 0 Å². The highest BCUT2D eigenvalue weighted by Crippen LogP contribution is 2.20. The van der Waals surface area contributed by atoms with E-state index >= 15 is 0 Å². The molecular formula is C17H19N3O3. The molecule has 120 valence electrons. The number of hydrogen-bond donors (Lipinski definition) is 3. The summed E-state index contributed by atoms with van der Waals surface area (Å²) in [5.41, 5.74) is 3.32. The molecule has 6 heteroatoms. The lowest BCUT2D eigenvalue weighted by Gasteiger charge is -2.13. The van der Waals surface area contributed by atoms with Crippen LogP contribution in [0.25, 0.3) is 0 Å². The van der Waals surface area contributed by atoms with Crippen molar-refractivity contribution in [1.29, 1.82) is 0 Å². The number of carbonyl (C=O) groups is 2. The third-order valence-corrected chi connectivity index (χ3v) is 3.22. The number of aliphatic carboxylic acids is 1. The molecule has 3 N–H and O–H groups in total. The minimum Gasteiger partial charge on any atom is -0.480 e. The molecule has 0 atom stereocenters. The third kappa shape index (κ3) is 4.74. The van der Waals surface area contributed by atoms with Gasteiger partial charge in [-0.25, -0.2) is 0 Å². The Morgan fingerprint density at radius 1 is 0.957 bits per heavy atom. The van der Waals surface area contributed by atoms with Crippen LogP contribution in [0, 0.1) is 0 Å². The molecule has 0 saturated carbocycles. The molecule has 0 spiro atoms. The number of carboxylic acid groups (broad SMARTS) is 1. The van der Waals surface area contributed by atoms with Gasteiger partial charge in [0.1, 0.15) is 6.54 Å². The standard InChI is InChI=1S/C17H19N3O3/c1-20(2)15-9-7-14(8-10-15)19-13-5-3-12(4-6-13)17(23)18-11-16(21)22/h3-10,19H,11H2,1-2H3,(H,18,23)(H,21,22). The van der Waals surface area contributed by atoms with E-state index in [0.717, 1.165) is 17.1 Å². The van der Waals surface area contributed by atoms with Crippen molar-refractivity contribution in [3.8, 4) is 0 Å². The maximum absolute atomic E-state index is 11.7. The number of anilines is 3. The van der Waals surface area contributed by atoms with Gasteiger partial charge in [0.05, 0.1) is 0 Å². The van der Waals surface area contributed by atoms with Crippen LogP contribution in [0.1, 0.15) is 10.4 Å². The summed E-state index contributed by atoms with van der Waals surface area (Å²) >= 11 is 0. The van der Waals surface area contributed by atoms with Gasteiger partial charge in [0.25, 0.3) is 5.91 Å². The Hall–Kier alpha value is -3.02. The Labute approximate surface area is 134 Å². The molecule has 0 aliphatic heterocycles. The number of amides is 1. The summed E-state index contributed by atoms with van der Waals surface area (Å²) in [7, 11) is 3.97. The van der Waals surface area contributed by atoms with Crippen LogP contribution in [-0.2, 0) is 4.79 Å². The zero-order chi connectivity index (χ0) is 16.8. The summed E-state index contributed by atoms with van der Waals surface area (Å²) in [5, 5.41) is 14.1. The maximum atomic E-state index is 11.7. The topological polar surface area (TPSA) is 81.7 Å². The summed E-state index contributed by atoms with van der Waals surface area (Å²) < 4.78 is 0. The fraction of sp³-hybridized carbons (Fsp3) is 0.176. The second-order valence-corrected chi connectivity index (χ2v) is 5.22. The van der Waals surface area contributed by atoms with E-state index in [1.807, 2.05) is 43.3 Å². The second kappa shape index (κ2) is 7.31. The van der Waals surface area contributed by atoms with E-state index in [4.69, 9.17) is 5.11 Å². The van der Waals surface area contributed by atoms with E-state index in [0.29, 0.717) is 5.56 Å². The molecule has 1 amide bonds. The minimum atomic E-state index is -1.07. The Kier molecular flexibility index (Phi) is 5.19. The quantitative estimate of drug-likeness (QED) is 0.762. The molecule has 0 aromatic heterocycles. The summed E-state index contributed by atoms with van der Waals surface area (Å²) in [6, 6.07) is 14.8. The van der Waals surface area contributed by atoms with Gasteiger partial charge in [-0.2, -0.15) is 0 Å². The van der Waals surface area contributed by atoms with E-state index in [9.17, 15) is 9.59 Å². The lowest BCUT2D eigenvalue weighted by atomic mass is 10.2. The molecule has 0 heterocycles. The molecule has 0 radical (unpaired) electrons. The van der Waals surface area contributed by atoms with Crippen molar-refractivity contribution in [1.82, 2.24) is 5.32 Å². The number of nitrogens with one attached hydrogen (secondary N) is 2. The molecule has 0 saturated heterocycles. The third-order valence-electron chi connectivity index (χ3n) is 3.22. The predicted molar refractivity (Wildman–Crippen MR) is 90.5 cm³/mol. The number of rotatable bonds is 6. The number of carboxylic acids is 1. The van der Waals surface area contributed by atoms with Gasteiger partial charge in [-0.3, -0.25) is 9.59 Å². The Balaban J connectivity index is 1.99. The lowest BCUT2D eigenvalue weighted by Crippen LogP contribution is -2.29. The smallest absolute Gasteiger partial charge is 0.322 e. The van der Waals surface area contributed by atoms with Crippen molar-refractivity contribution in [2.75, 3.05) is 30.9 Å². The summed E-state index contributed by atoms with van der Waals surface area (Å²) in [6.07, 6.45) is 0. The minimum absolute atomic E-state index is 0.392. The van der Waals surface area contributed by atoms with Crippen LogP contribution in [0.5, 0.6) is 0 Å². The molecule has 2 aromatic rings. The van der Waals surface area contributed by atoms with Crippen LogP contribution in [-0.4, -0.2) is 37.6 Å². The molecular weight excluding hydrogens is 294 g/mol. The molecule has 0 fully saturated rings. The Morgan fingerprint density at radius 2 is 1.48 bits per heavy atom. The van der Waals surface area contributed by atoms with Crippen LogP contribution in [0.4, 0.5) is 17.1 Å². The van der Waals surface area contributed by atoms with Gasteiger partial charge < -0.3 is 20.6 Å².